The fourth-order valence-electron chi connectivity index (χ4n) is 2.98. The van der Waals surface area contributed by atoms with Crippen molar-refractivity contribution in [2.75, 3.05) is 12.3 Å². The van der Waals surface area contributed by atoms with Crippen molar-refractivity contribution in [3.05, 3.63) is 59.7 Å². The van der Waals surface area contributed by atoms with Crippen molar-refractivity contribution in [1.29, 1.82) is 0 Å². The molecular formula is C20H19FN6O. The Bertz CT molecular complexity index is 1140. The topological polar surface area (TPSA) is 91.7 Å². The van der Waals surface area contributed by atoms with Crippen LogP contribution in [0.1, 0.15) is 18.1 Å². The van der Waals surface area contributed by atoms with Crippen LogP contribution in [0.2, 0.25) is 0 Å². The van der Waals surface area contributed by atoms with Gasteiger partial charge in [0, 0.05) is 11.8 Å². The third-order valence-electron chi connectivity index (χ3n) is 4.30. The second-order valence-electron chi connectivity index (χ2n) is 6.40. The Labute approximate surface area is 161 Å². The fraction of sp³-hybridized carbons (Fsp3) is 0.200. The van der Waals surface area contributed by atoms with E-state index in [4.69, 9.17) is 10.5 Å². The molecule has 0 aliphatic heterocycles. The van der Waals surface area contributed by atoms with Crippen LogP contribution in [-0.4, -0.2) is 31.1 Å². The molecule has 0 saturated heterocycles. The van der Waals surface area contributed by atoms with Crippen LogP contribution in [0.15, 0.2) is 42.7 Å². The smallest absolute Gasteiger partial charge is 0.320 e. The minimum Gasteiger partial charge on any atom is -0.464 e. The number of hydrogen-bond acceptors (Lipinski definition) is 6. The summed E-state index contributed by atoms with van der Waals surface area (Å²) in [6, 6.07) is 9.69. The summed E-state index contributed by atoms with van der Waals surface area (Å²) in [5.41, 5.74) is 9.80. The van der Waals surface area contributed by atoms with Gasteiger partial charge in [0.15, 0.2) is 17.0 Å². The molecule has 4 rings (SSSR count). The molecule has 3 aromatic heterocycles. The molecule has 8 heteroatoms. The molecule has 0 radical (unpaired) electrons. The Morgan fingerprint density at radius 1 is 1.11 bits per heavy atom. The van der Waals surface area contributed by atoms with Gasteiger partial charge >= 0.3 is 6.01 Å². The number of aromatic nitrogens is 5. The van der Waals surface area contributed by atoms with Gasteiger partial charge in [0.1, 0.15) is 11.6 Å². The SMILES string of the molecule is CCOc1nc(N)c2nc(-c3cncc(F)c3)n(Cc3ccc(C)cc3)c2n1. The highest BCUT2D eigenvalue weighted by Crippen LogP contribution is 2.28. The summed E-state index contributed by atoms with van der Waals surface area (Å²) in [4.78, 5) is 17.2. The van der Waals surface area contributed by atoms with Gasteiger partial charge in [-0.15, -0.1) is 0 Å². The molecule has 0 amide bonds. The highest BCUT2D eigenvalue weighted by molar-refractivity contribution is 5.85. The van der Waals surface area contributed by atoms with E-state index in [0.29, 0.717) is 35.7 Å². The first-order chi connectivity index (χ1) is 13.5. The maximum Gasteiger partial charge on any atom is 0.320 e. The number of aryl methyl sites for hydroxylation is 1. The minimum absolute atomic E-state index is 0.182. The normalized spacial score (nSPS) is 11.1. The van der Waals surface area contributed by atoms with E-state index in [1.165, 1.54) is 11.6 Å². The lowest BCUT2D eigenvalue weighted by Crippen LogP contribution is -2.06. The van der Waals surface area contributed by atoms with Gasteiger partial charge in [-0.3, -0.25) is 4.98 Å². The van der Waals surface area contributed by atoms with Gasteiger partial charge in [0.25, 0.3) is 0 Å². The average Bonchev–Trinajstić information content (AvgIpc) is 3.03. The molecule has 0 saturated carbocycles. The molecule has 0 spiro atoms. The van der Waals surface area contributed by atoms with E-state index >= 15 is 0 Å². The van der Waals surface area contributed by atoms with Crippen molar-refractivity contribution in [3.8, 4) is 17.4 Å². The lowest BCUT2D eigenvalue weighted by atomic mass is 10.1. The molecule has 0 atom stereocenters. The molecule has 0 aliphatic rings. The maximum atomic E-state index is 13.8. The van der Waals surface area contributed by atoms with Gasteiger partial charge in [-0.25, -0.2) is 9.37 Å². The summed E-state index contributed by atoms with van der Waals surface area (Å²) in [7, 11) is 0. The molecule has 4 aromatic rings. The second-order valence-corrected chi connectivity index (χ2v) is 6.40. The molecule has 7 nitrogen and oxygen atoms in total. The lowest BCUT2D eigenvalue weighted by molar-refractivity contribution is 0.314. The van der Waals surface area contributed by atoms with Crippen LogP contribution in [0.25, 0.3) is 22.6 Å². The van der Waals surface area contributed by atoms with E-state index in [-0.39, 0.29) is 11.8 Å². The van der Waals surface area contributed by atoms with Gasteiger partial charge in [-0.2, -0.15) is 9.97 Å². The number of nitrogens with zero attached hydrogens (tertiary/aromatic N) is 5. The third-order valence-corrected chi connectivity index (χ3v) is 4.30. The molecule has 1 aromatic carbocycles. The number of benzene rings is 1. The first-order valence-electron chi connectivity index (χ1n) is 8.88. The quantitative estimate of drug-likeness (QED) is 0.572. The standard InChI is InChI=1S/C20H19FN6O/c1-3-28-20-25-17(22)16-19(26-20)27(11-13-6-4-12(2)5-7-13)18(24-16)14-8-15(21)10-23-9-14/h4-10H,3,11H2,1-2H3,(H2,22,25,26). The number of halogens is 1. The van der Waals surface area contributed by atoms with Crippen LogP contribution in [0.4, 0.5) is 10.2 Å². The number of nitrogen functional groups attached to an aromatic ring is 1. The summed E-state index contributed by atoms with van der Waals surface area (Å²) in [5, 5.41) is 0. The first-order valence-corrected chi connectivity index (χ1v) is 8.88. The van der Waals surface area contributed by atoms with Gasteiger partial charge in [0.2, 0.25) is 0 Å². The zero-order chi connectivity index (χ0) is 19.7. The Hall–Kier alpha value is -3.55. The number of ether oxygens (including phenoxy) is 1. The first kappa shape index (κ1) is 17.8. The van der Waals surface area contributed by atoms with Crippen LogP contribution in [-0.2, 0) is 6.54 Å². The zero-order valence-corrected chi connectivity index (χ0v) is 15.6. The number of imidazole rings is 1. The minimum atomic E-state index is -0.444. The average molecular weight is 378 g/mol. The van der Waals surface area contributed by atoms with E-state index in [9.17, 15) is 4.39 Å². The predicted molar refractivity (Wildman–Crippen MR) is 104 cm³/mol. The van der Waals surface area contributed by atoms with E-state index in [1.54, 1.807) is 6.20 Å². The molecular weight excluding hydrogens is 359 g/mol. The summed E-state index contributed by atoms with van der Waals surface area (Å²) in [6.07, 6.45) is 2.71. The van der Waals surface area contributed by atoms with Gasteiger partial charge in [0.05, 0.1) is 19.3 Å². The molecule has 142 valence electrons. The fourth-order valence-corrected chi connectivity index (χ4v) is 2.98. The number of anilines is 1. The Balaban J connectivity index is 1.93. The lowest BCUT2D eigenvalue weighted by Gasteiger charge is -2.10. The number of hydrogen-bond donors (Lipinski definition) is 1. The molecule has 2 N–H and O–H groups in total. The third kappa shape index (κ3) is 3.36. The Kier molecular flexibility index (Phi) is 4.60. The van der Waals surface area contributed by atoms with Crippen LogP contribution >= 0.6 is 0 Å². The number of pyridine rings is 1. The number of rotatable bonds is 5. The van der Waals surface area contributed by atoms with Crippen molar-refractivity contribution in [2.45, 2.75) is 20.4 Å². The monoisotopic (exact) mass is 378 g/mol. The Morgan fingerprint density at radius 3 is 2.61 bits per heavy atom. The predicted octanol–water partition coefficient (Wildman–Crippen LogP) is 3.37. The highest BCUT2D eigenvalue weighted by Gasteiger charge is 2.19. The van der Waals surface area contributed by atoms with Crippen molar-refractivity contribution in [2.24, 2.45) is 0 Å². The van der Waals surface area contributed by atoms with Crippen molar-refractivity contribution < 1.29 is 9.13 Å². The molecule has 3 heterocycles. The van der Waals surface area contributed by atoms with Gasteiger partial charge in [-0.05, 0) is 25.5 Å². The van der Waals surface area contributed by atoms with E-state index in [0.717, 1.165) is 11.8 Å². The summed E-state index contributed by atoms with van der Waals surface area (Å²) >= 11 is 0. The van der Waals surface area contributed by atoms with Gasteiger partial charge < -0.3 is 15.0 Å². The van der Waals surface area contributed by atoms with Crippen molar-refractivity contribution in [1.82, 2.24) is 24.5 Å². The van der Waals surface area contributed by atoms with Crippen LogP contribution in [0, 0.1) is 12.7 Å². The van der Waals surface area contributed by atoms with Crippen molar-refractivity contribution >= 4 is 17.0 Å². The maximum absolute atomic E-state index is 13.8. The number of fused-ring (bicyclic) bond motifs is 1. The highest BCUT2D eigenvalue weighted by atomic mass is 19.1. The largest absolute Gasteiger partial charge is 0.464 e. The molecule has 0 unspecified atom stereocenters. The molecule has 28 heavy (non-hydrogen) atoms. The van der Waals surface area contributed by atoms with Crippen LogP contribution in [0.5, 0.6) is 6.01 Å². The molecule has 0 aliphatic carbocycles. The molecule has 0 fully saturated rings. The second kappa shape index (κ2) is 7.22. The summed E-state index contributed by atoms with van der Waals surface area (Å²) in [5.74, 6) is 0.277. The van der Waals surface area contributed by atoms with Gasteiger partial charge in [-0.1, -0.05) is 29.8 Å². The number of nitrogens with two attached hydrogens (primary N) is 1. The van der Waals surface area contributed by atoms with Crippen LogP contribution in [0.3, 0.4) is 0 Å². The van der Waals surface area contributed by atoms with E-state index in [1.807, 2.05) is 42.7 Å². The van der Waals surface area contributed by atoms with Crippen molar-refractivity contribution in [3.63, 3.8) is 0 Å². The summed E-state index contributed by atoms with van der Waals surface area (Å²) < 4.78 is 21.1. The Morgan fingerprint density at radius 2 is 1.89 bits per heavy atom. The zero-order valence-electron chi connectivity index (χ0n) is 15.6. The summed E-state index contributed by atoms with van der Waals surface area (Å²) in [6.45, 7) is 4.77. The molecule has 0 bridgehead atoms. The van der Waals surface area contributed by atoms with E-state index < -0.39 is 5.82 Å². The van der Waals surface area contributed by atoms with Crippen LogP contribution < -0.4 is 10.5 Å². The van der Waals surface area contributed by atoms with E-state index in [2.05, 4.69) is 19.9 Å².